The summed E-state index contributed by atoms with van der Waals surface area (Å²) < 4.78 is 1.80. The summed E-state index contributed by atoms with van der Waals surface area (Å²) in [6.07, 6.45) is 1.54. The summed E-state index contributed by atoms with van der Waals surface area (Å²) in [7, 11) is 0. The molecule has 1 aliphatic rings. The number of aromatic amines is 1. The Balaban J connectivity index is 1.55. The molecule has 0 spiro atoms. The van der Waals surface area contributed by atoms with E-state index in [9.17, 15) is 9.59 Å². The normalized spacial score (nSPS) is 16.0. The van der Waals surface area contributed by atoms with Crippen LogP contribution < -0.4 is 5.69 Å². The average molecular weight is 362 g/mol. The number of likely N-dealkylation sites (tertiary alicyclic amines) is 1. The van der Waals surface area contributed by atoms with Crippen molar-refractivity contribution in [3.05, 3.63) is 56.1 Å². The Morgan fingerprint density at radius 1 is 1.25 bits per heavy atom. The zero-order valence-electron chi connectivity index (χ0n) is 12.9. The number of nitrogens with one attached hydrogen (secondary N) is 1. The van der Waals surface area contributed by atoms with E-state index in [1.54, 1.807) is 16.7 Å². The number of H-pyrrole nitrogens is 1. The van der Waals surface area contributed by atoms with Gasteiger partial charge in [0, 0.05) is 24.2 Å². The summed E-state index contributed by atoms with van der Waals surface area (Å²) in [6, 6.07) is 9.28. The van der Waals surface area contributed by atoms with Crippen molar-refractivity contribution < 1.29 is 4.79 Å². The van der Waals surface area contributed by atoms with Crippen molar-refractivity contribution in [1.82, 2.24) is 14.5 Å². The highest BCUT2D eigenvalue weighted by Gasteiger charge is 2.26. The lowest BCUT2D eigenvalue weighted by atomic mass is 10.0. The summed E-state index contributed by atoms with van der Waals surface area (Å²) in [4.78, 5) is 30.3. The molecule has 0 radical (unpaired) electrons. The number of hydrogen-bond acceptors (Lipinski definition) is 3. The largest absolute Gasteiger partial charge is 0.338 e. The first-order chi connectivity index (χ1) is 11.6. The highest BCUT2D eigenvalue weighted by atomic mass is 35.5. The van der Waals surface area contributed by atoms with Gasteiger partial charge in [-0.15, -0.1) is 11.3 Å². The van der Waals surface area contributed by atoms with Gasteiger partial charge in [0.2, 0.25) is 0 Å². The molecule has 2 aromatic heterocycles. The molecule has 0 aliphatic carbocycles. The number of amides is 1. The van der Waals surface area contributed by atoms with Crippen molar-refractivity contribution in [3.8, 4) is 0 Å². The highest BCUT2D eigenvalue weighted by Crippen LogP contribution is 2.27. The summed E-state index contributed by atoms with van der Waals surface area (Å²) in [5, 5.41) is 2.52. The minimum atomic E-state index is -0.115. The van der Waals surface area contributed by atoms with E-state index in [0.29, 0.717) is 18.1 Å². The van der Waals surface area contributed by atoms with Crippen molar-refractivity contribution >= 4 is 39.9 Å². The lowest BCUT2D eigenvalue weighted by Gasteiger charge is -2.32. The number of benzene rings is 1. The van der Waals surface area contributed by atoms with E-state index < -0.39 is 0 Å². The van der Waals surface area contributed by atoms with Gasteiger partial charge in [-0.25, -0.2) is 4.79 Å². The van der Waals surface area contributed by atoms with Crippen LogP contribution in [0.15, 0.2) is 40.5 Å². The molecular weight excluding hydrogens is 346 g/mol. The Kier molecular flexibility index (Phi) is 3.94. The highest BCUT2D eigenvalue weighted by molar-refractivity contribution is 7.12. The molecule has 24 heavy (non-hydrogen) atoms. The maximum Gasteiger partial charge on any atom is 0.326 e. The fourth-order valence-corrected chi connectivity index (χ4v) is 4.21. The van der Waals surface area contributed by atoms with E-state index in [1.807, 2.05) is 28.5 Å². The number of fused-ring (bicyclic) bond motifs is 1. The number of rotatable bonds is 2. The average Bonchev–Trinajstić information content (AvgIpc) is 3.21. The molecule has 0 saturated carbocycles. The Morgan fingerprint density at radius 2 is 2.04 bits per heavy atom. The third-order valence-corrected chi connectivity index (χ3v) is 5.62. The van der Waals surface area contributed by atoms with Gasteiger partial charge in [0.05, 0.1) is 15.9 Å². The first-order valence-electron chi connectivity index (χ1n) is 7.86. The predicted octanol–water partition coefficient (Wildman–Crippen LogP) is 3.52. The van der Waals surface area contributed by atoms with Crippen LogP contribution in [0.3, 0.4) is 0 Å². The fraction of sp³-hybridized carbons (Fsp3) is 0.294. The molecule has 1 N–H and O–H groups in total. The Hall–Kier alpha value is -2.05. The molecule has 1 aliphatic heterocycles. The molecule has 1 aromatic carbocycles. The van der Waals surface area contributed by atoms with Gasteiger partial charge < -0.3 is 9.88 Å². The third-order valence-electron chi connectivity index (χ3n) is 4.53. The van der Waals surface area contributed by atoms with Crippen LogP contribution in [0.1, 0.15) is 28.6 Å². The standard InChI is InChI=1S/C17H16ClN3O2S/c18-11-3-4-14-13(10-11)19-17(23)21(14)12-5-7-20(8-6-12)16(22)15-2-1-9-24-15/h1-4,9-10,12H,5-8H2,(H,19,23). The van der Waals surface area contributed by atoms with Gasteiger partial charge in [0.1, 0.15) is 0 Å². The first kappa shape index (κ1) is 15.5. The minimum Gasteiger partial charge on any atom is -0.338 e. The van der Waals surface area contributed by atoms with Gasteiger partial charge >= 0.3 is 5.69 Å². The molecule has 0 atom stereocenters. The van der Waals surface area contributed by atoms with Crippen LogP contribution in [0.4, 0.5) is 0 Å². The topological polar surface area (TPSA) is 58.1 Å². The van der Waals surface area contributed by atoms with Crippen molar-refractivity contribution in [2.75, 3.05) is 13.1 Å². The van der Waals surface area contributed by atoms with E-state index in [4.69, 9.17) is 11.6 Å². The molecule has 7 heteroatoms. The van der Waals surface area contributed by atoms with E-state index in [0.717, 1.165) is 28.8 Å². The SMILES string of the molecule is O=C(c1cccs1)N1CCC(n2c(=O)[nH]c3cc(Cl)ccc32)CC1. The van der Waals surface area contributed by atoms with Gasteiger partial charge in [-0.3, -0.25) is 9.36 Å². The number of piperidine rings is 1. The summed E-state index contributed by atoms with van der Waals surface area (Å²) in [6.45, 7) is 1.32. The van der Waals surface area contributed by atoms with Gasteiger partial charge in [-0.05, 0) is 42.5 Å². The zero-order chi connectivity index (χ0) is 16.7. The number of aromatic nitrogens is 2. The van der Waals surface area contributed by atoms with Crippen LogP contribution in [0.5, 0.6) is 0 Å². The van der Waals surface area contributed by atoms with Crippen LogP contribution in [-0.2, 0) is 0 Å². The van der Waals surface area contributed by atoms with Crippen molar-refractivity contribution in [1.29, 1.82) is 0 Å². The molecular formula is C17H16ClN3O2S. The number of thiophene rings is 1. The van der Waals surface area contributed by atoms with E-state index in [1.165, 1.54) is 11.3 Å². The van der Waals surface area contributed by atoms with Crippen LogP contribution in [0, 0.1) is 0 Å². The summed E-state index contributed by atoms with van der Waals surface area (Å²) in [5.41, 5.74) is 1.51. The van der Waals surface area contributed by atoms with Crippen LogP contribution in [-0.4, -0.2) is 33.4 Å². The molecule has 124 valence electrons. The summed E-state index contributed by atoms with van der Waals surface area (Å²) in [5.74, 6) is 0.0847. The van der Waals surface area contributed by atoms with Crippen LogP contribution in [0.25, 0.3) is 11.0 Å². The lowest BCUT2D eigenvalue weighted by molar-refractivity contribution is 0.0700. The molecule has 5 nitrogen and oxygen atoms in total. The fourth-order valence-electron chi connectivity index (χ4n) is 3.35. The molecule has 3 heterocycles. The zero-order valence-corrected chi connectivity index (χ0v) is 14.4. The number of halogens is 1. The van der Waals surface area contributed by atoms with Gasteiger partial charge in [0.25, 0.3) is 5.91 Å². The number of nitrogens with zero attached hydrogens (tertiary/aromatic N) is 2. The molecule has 0 unspecified atom stereocenters. The lowest BCUT2D eigenvalue weighted by Crippen LogP contribution is -2.40. The predicted molar refractivity (Wildman–Crippen MR) is 96.1 cm³/mol. The van der Waals surface area contributed by atoms with Crippen molar-refractivity contribution in [2.24, 2.45) is 0 Å². The van der Waals surface area contributed by atoms with Gasteiger partial charge in [0.15, 0.2) is 0 Å². The molecule has 1 saturated heterocycles. The van der Waals surface area contributed by atoms with Gasteiger partial charge in [-0.1, -0.05) is 17.7 Å². The Bertz CT molecular complexity index is 937. The van der Waals surface area contributed by atoms with E-state index in [-0.39, 0.29) is 17.6 Å². The molecule has 1 amide bonds. The minimum absolute atomic E-state index is 0.0847. The Labute approximate surface area is 147 Å². The van der Waals surface area contributed by atoms with Crippen molar-refractivity contribution in [2.45, 2.75) is 18.9 Å². The number of hydrogen-bond donors (Lipinski definition) is 1. The van der Waals surface area contributed by atoms with Gasteiger partial charge in [-0.2, -0.15) is 0 Å². The second-order valence-electron chi connectivity index (χ2n) is 5.96. The van der Waals surface area contributed by atoms with Crippen LogP contribution in [0.2, 0.25) is 5.02 Å². The maximum atomic E-state index is 12.4. The molecule has 1 fully saturated rings. The van der Waals surface area contributed by atoms with E-state index in [2.05, 4.69) is 4.98 Å². The van der Waals surface area contributed by atoms with E-state index >= 15 is 0 Å². The molecule has 4 rings (SSSR count). The molecule has 0 bridgehead atoms. The second-order valence-corrected chi connectivity index (χ2v) is 7.35. The number of imidazole rings is 1. The third kappa shape index (κ3) is 2.65. The van der Waals surface area contributed by atoms with Crippen molar-refractivity contribution in [3.63, 3.8) is 0 Å². The smallest absolute Gasteiger partial charge is 0.326 e. The first-order valence-corrected chi connectivity index (χ1v) is 9.12. The monoisotopic (exact) mass is 361 g/mol. The summed E-state index contributed by atoms with van der Waals surface area (Å²) >= 11 is 7.46. The second kappa shape index (κ2) is 6.11. The Morgan fingerprint density at radius 3 is 2.75 bits per heavy atom. The molecule has 3 aromatic rings. The quantitative estimate of drug-likeness (QED) is 0.759. The number of carbonyl (C=O) groups is 1. The maximum absolute atomic E-state index is 12.4. The number of carbonyl (C=O) groups excluding carboxylic acids is 1. The van der Waals surface area contributed by atoms with Crippen LogP contribution >= 0.6 is 22.9 Å².